The Morgan fingerprint density at radius 1 is 1.17 bits per heavy atom. The van der Waals surface area contributed by atoms with Crippen molar-refractivity contribution in [1.82, 2.24) is 4.90 Å². The Kier molecular flexibility index (Phi) is 4.71. The molecule has 1 aliphatic heterocycles. The summed E-state index contributed by atoms with van der Waals surface area (Å²) in [6.45, 7) is 9.91. The standard InChI is InChI=1S/C19H26N2O2/c1-4-20-17-11-18-15(10-13(17)2)14(3)16(19(22)23-18)12-21-8-6-5-7-9-21/h10-11,20H,4-9,12H2,1-3H3. The Labute approximate surface area is 137 Å². The Hall–Kier alpha value is -1.81. The first kappa shape index (κ1) is 16.1. The smallest absolute Gasteiger partial charge is 0.341 e. The summed E-state index contributed by atoms with van der Waals surface area (Å²) >= 11 is 0. The minimum atomic E-state index is -0.188. The predicted molar refractivity (Wildman–Crippen MR) is 95.2 cm³/mol. The van der Waals surface area contributed by atoms with E-state index >= 15 is 0 Å². The zero-order valence-electron chi connectivity index (χ0n) is 14.4. The number of hydrogen-bond donors (Lipinski definition) is 1. The number of nitrogens with zero attached hydrogens (tertiary/aromatic N) is 1. The van der Waals surface area contributed by atoms with E-state index in [2.05, 4.69) is 30.1 Å². The van der Waals surface area contributed by atoms with Crippen LogP contribution in [0.5, 0.6) is 0 Å². The molecule has 2 aromatic rings. The van der Waals surface area contributed by atoms with Crippen LogP contribution in [0.3, 0.4) is 0 Å². The normalized spacial score (nSPS) is 16.0. The van der Waals surface area contributed by atoms with E-state index in [4.69, 9.17) is 4.42 Å². The lowest BCUT2D eigenvalue weighted by Crippen LogP contribution is -2.31. The third kappa shape index (κ3) is 3.27. The molecule has 1 aliphatic rings. The van der Waals surface area contributed by atoms with Crippen molar-refractivity contribution in [2.24, 2.45) is 0 Å². The molecule has 1 aromatic carbocycles. The van der Waals surface area contributed by atoms with Crippen molar-refractivity contribution in [1.29, 1.82) is 0 Å². The molecule has 1 saturated heterocycles. The number of aryl methyl sites for hydroxylation is 2. The zero-order chi connectivity index (χ0) is 16.4. The Balaban J connectivity index is 2.02. The van der Waals surface area contributed by atoms with Gasteiger partial charge < -0.3 is 9.73 Å². The SMILES string of the molecule is CCNc1cc2oc(=O)c(CN3CCCCC3)c(C)c2cc1C. The highest BCUT2D eigenvalue weighted by Crippen LogP contribution is 2.27. The number of nitrogens with one attached hydrogen (secondary N) is 1. The van der Waals surface area contributed by atoms with Gasteiger partial charge in [0, 0.05) is 30.2 Å². The first-order valence-corrected chi connectivity index (χ1v) is 8.63. The van der Waals surface area contributed by atoms with Crippen LogP contribution in [0.15, 0.2) is 21.3 Å². The van der Waals surface area contributed by atoms with Crippen molar-refractivity contribution < 1.29 is 4.42 Å². The lowest BCUT2D eigenvalue weighted by Gasteiger charge is -2.26. The fourth-order valence-electron chi connectivity index (χ4n) is 3.45. The average Bonchev–Trinajstić information content (AvgIpc) is 2.54. The molecular weight excluding hydrogens is 288 g/mol. The summed E-state index contributed by atoms with van der Waals surface area (Å²) in [4.78, 5) is 14.8. The topological polar surface area (TPSA) is 45.5 Å². The van der Waals surface area contributed by atoms with Gasteiger partial charge in [-0.05, 0) is 63.9 Å². The number of anilines is 1. The molecule has 0 unspecified atom stereocenters. The summed E-state index contributed by atoms with van der Waals surface area (Å²) in [5, 5.41) is 4.37. The lowest BCUT2D eigenvalue weighted by atomic mass is 10.0. The van der Waals surface area contributed by atoms with Crippen molar-refractivity contribution in [2.75, 3.05) is 25.0 Å². The van der Waals surface area contributed by atoms with Crippen molar-refractivity contribution >= 4 is 16.7 Å². The van der Waals surface area contributed by atoms with Crippen LogP contribution in [0.4, 0.5) is 5.69 Å². The van der Waals surface area contributed by atoms with Gasteiger partial charge in [-0.3, -0.25) is 4.90 Å². The lowest BCUT2D eigenvalue weighted by molar-refractivity contribution is 0.218. The molecule has 0 atom stereocenters. The second-order valence-corrected chi connectivity index (χ2v) is 6.52. The summed E-state index contributed by atoms with van der Waals surface area (Å²) < 4.78 is 5.63. The maximum Gasteiger partial charge on any atom is 0.341 e. The molecule has 1 N–H and O–H groups in total. The van der Waals surface area contributed by atoms with E-state index < -0.39 is 0 Å². The van der Waals surface area contributed by atoms with Crippen LogP contribution in [0.25, 0.3) is 11.0 Å². The van der Waals surface area contributed by atoms with E-state index in [-0.39, 0.29) is 5.63 Å². The summed E-state index contributed by atoms with van der Waals surface area (Å²) in [6.07, 6.45) is 3.75. The molecule has 0 bridgehead atoms. The molecule has 3 rings (SSSR count). The average molecular weight is 314 g/mol. The molecule has 4 heteroatoms. The van der Waals surface area contributed by atoms with Gasteiger partial charge in [0.2, 0.25) is 0 Å². The monoisotopic (exact) mass is 314 g/mol. The molecule has 0 spiro atoms. The molecule has 4 nitrogen and oxygen atoms in total. The van der Waals surface area contributed by atoms with Crippen LogP contribution >= 0.6 is 0 Å². The third-order valence-electron chi connectivity index (χ3n) is 4.83. The van der Waals surface area contributed by atoms with Crippen molar-refractivity contribution in [3.8, 4) is 0 Å². The molecule has 124 valence electrons. The van der Waals surface area contributed by atoms with E-state index in [0.29, 0.717) is 12.1 Å². The number of piperidine rings is 1. The molecule has 23 heavy (non-hydrogen) atoms. The number of benzene rings is 1. The Morgan fingerprint density at radius 3 is 2.61 bits per heavy atom. The fraction of sp³-hybridized carbons (Fsp3) is 0.526. The second-order valence-electron chi connectivity index (χ2n) is 6.52. The van der Waals surface area contributed by atoms with Gasteiger partial charge in [-0.1, -0.05) is 6.42 Å². The maximum atomic E-state index is 12.5. The van der Waals surface area contributed by atoms with Gasteiger partial charge in [-0.15, -0.1) is 0 Å². The number of likely N-dealkylation sites (tertiary alicyclic amines) is 1. The van der Waals surface area contributed by atoms with Gasteiger partial charge in [-0.25, -0.2) is 4.79 Å². The van der Waals surface area contributed by atoms with E-state index in [9.17, 15) is 4.79 Å². The van der Waals surface area contributed by atoms with Crippen LogP contribution in [0.1, 0.15) is 42.9 Å². The zero-order valence-corrected chi connectivity index (χ0v) is 14.4. The molecule has 0 radical (unpaired) electrons. The Morgan fingerprint density at radius 2 is 1.91 bits per heavy atom. The summed E-state index contributed by atoms with van der Waals surface area (Å²) in [6, 6.07) is 4.08. The summed E-state index contributed by atoms with van der Waals surface area (Å²) in [7, 11) is 0. The van der Waals surface area contributed by atoms with Gasteiger partial charge in [0.15, 0.2) is 0 Å². The van der Waals surface area contributed by atoms with E-state index in [0.717, 1.165) is 41.8 Å². The fourth-order valence-corrected chi connectivity index (χ4v) is 3.45. The highest BCUT2D eigenvalue weighted by atomic mass is 16.4. The molecular formula is C19H26N2O2. The van der Waals surface area contributed by atoms with E-state index in [1.807, 2.05) is 13.0 Å². The molecule has 2 heterocycles. The van der Waals surface area contributed by atoms with Crippen molar-refractivity contribution in [3.05, 3.63) is 39.2 Å². The van der Waals surface area contributed by atoms with Gasteiger partial charge in [0.05, 0.1) is 5.56 Å². The van der Waals surface area contributed by atoms with Crippen LogP contribution in [0, 0.1) is 13.8 Å². The molecule has 0 aliphatic carbocycles. The van der Waals surface area contributed by atoms with Crippen LogP contribution in [0.2, 0.25) is 0 Å². The molecule has 1 aromatic heterocycles. The summed E-state index contributed by atoms with van der Waals surface area (Å²) in [5.74, 6) is 0. The van der Waals surface area contributed by atoms with Gasteiger partial charge >= 0.3 is 5.63 Å². The maximum absolute atomic E-state index is 12.5. The molecule has 1 fully saturated rings. The van der Waals surface area contributed by atoms with Crippen LogP contribution < -0.4 is 10.9 Å². The number of fused-ring (bicyclic) bond motifs is 1. The van der Waals surface area contributed by atoms with Crippen molar-refractivity contribution in [3.63, 3.8) is 0 Å². The third-order valence-corrected chi connectivity index (χ3v) is 4.83. The van der Waals surface area contributed by atoms with Crippen molar-refractivity contribution in [2.45, 2.75) is 46.6 Å². The van der Waals surface area contributed by atoms with E-state index in [1.165, 1.54) is 24.8 Å². The minimum absolute atomic E-state index is 0.188. The van der Waals surface area contributed by atoms with E-state index in [1.54, 1.807) is 0 Å². The molecule has 0 amide bonds. The summed E-state index contributed by atoms with van der Waals surface area (Å²) in [5.41, 5.74) is 4.58. The number of hydrogen-bond acceptors (Lipinski definition) is 4. The van der Waals surface area contributed by atoms with Gasteiger partial charge in [0.25, 0.3) is 0 Å². The van der Waals surface area contributed by atoms with Crippen LogP contribution in [-0.2, 0) is 6.54 Å². The predicted octanol–water partition coefficient (Wildman–Crippen LogP) is 3.83. The van der Waals surface area contributed by atoms with Gasteiger partial charge in [0.1, 0.15) is 5.58 Å². The first-order chi connectivity index (χ1) is 11.1. The Bertz CT molecular complexity index is 758. The second kappa shape index (κ2) is 6.75. The first-order valence-electron chi connectivity index (χ1n) is 8.63. The highest BCUT2D eigenvalue weighted by molar-refractivity contribution is 5.85. The highest BCUT2D eigenvalue weighted by Gasteiger charge is 2.17. The van der Waals surface area contributed by atoms with Gasteiger partial charge in [-0.2, -0.15) is 0 Å². The molecule has 0 saturated carbocycles. The minimum Gasteiger partial charge on any atom is -0.422 e. The largest absolute Gasteiger partial charge is 0.422 e. The number of rotatable bonds is 4. The van der Waals surface area contributed by atoms with Crippen LogP contribution in [-0.4, -0.2) is 24.5 Å². The quantitative estimate of drug-likeness (QED) is 0.871.